The van der Waals surface area contributed by atoms with Crippen molar-refractivity contribution in [2.75, 3.05) is 19.7 Å². The van der Waals surface area contributed by atoms with E-state index in [0.717, 1.165) is 12.1 Å². The van der Waals surface area contributed by atoms with Crippen molar-refractivity contribution in [3.05, 3.63) is 29.8 Å². The molecule has 108 valence electrons. The third kappa shape index (κ3) is 5.48. The zero-order chi connectivity index (χ0) is 14.5. The lowest BCUT2D eigenvalue weighted by atomic mass is 10.1. The minimum Gasteiger partial charge on any atom is -0.491 e. The SMILES string of the molecule is CCNCC(C)(O)COc1cccc(C(F)(F)F)c1. The maximum Gasteiger partial charge on any atom is 0.416 e. The molecule has 0 aliphatic heterocycles. The summed E-state index contributed by atoms with van der Waals surface area (Å²) in [6, 6.07) is 4.60. The van der Waals surface area contributed by atoms with E-state index in [9.17, 15) is 18.3 Å². The zero-order valence-electron chi connectivity index (χ0n) is 10.9. The smallest absolute Gasteiger partial charge is 0.416 e. The van der Waals surface area contributed by atoms with E-state index in [2.05, 4.69) is 5.32 Å². The Balaban J connectivity index is 2.63. The lowest BCUT2D eigenvalue weighted by molar-refractivity contribution is -0.137. The van der Waals surface area contributed by atoms with Crippen LogP contribution in [-0.4, -0.2) is 30.4 Å². The summed E-state index contributed by atoms with van der Waals surface area (Å²) in [5.41, 5.74) is -1.90. The van der Waals surface area contributed by atoms with Gasteiger partial charge < -0.3 is 15.2 Å². The summed E-state index contributed by atoms with van der Waals surface area (Å²) in [5, 5.41) is 12.9. The molecule has 1 unspecified atom stereocenters. The number of alkyl halides is 3. The standard InChI is InChI=1S/C13H18F3NO2/c1-3-17-8-12(2,18)9-19-11-6-4-5-10(7-11)13(14,15)16/h4-7,17-18H,3,8-9H2,1-2H3. The highest BCUT2D eigenvalue weighted by atomic mass is 19.4. The molecule has 1 rings (SSSR count). The number of likely N-dealkylation sites (N-methyl/N-ethyl adjacent to an activating group) is 1. The molecule has 1 atom stereocenters. The molecule has 6 heteroatoms. The van der Waals surface area contributed by atoms with Crippen LogP contribution in [0.2, 0.25) is 0 Å². The lowest BCUT2D eigenvalue weighted by Gasteiger charge is -2.23. The van der Waals surface area contributed by atoms with E-state index in [1.807, 2.05) is 6.92 Å². The van der Waals surface area contributed by atoms with E-state index in [1.165, 1.54) is 12.1 Å². The van der Waals surface area contributed by atoms with Crippen LogP contribution in [0.3, 0.4) is 0 Å². The Bertz CT molecular complexity index is 405. The Morgan fingerprint density at radius 1 is 1.32 bits per heavy atom. The average molecular weight is 277 g/mol. The molecule has 19 heavy (non-hydrogen) atoms. The van der Waals surface area contributed by atoms with Gasteiger partial charge in [-0.15, -0.1) is 0 Å². The topological polar surface area (TPSA) is 41.5 Å². The molecule has 0 fully saturated rings. The monoisotopic (exact) mass is 277 g/mol. The molecule has 0 aliphatic rings. The fourth-order valence-electron chi connectivity index (χ4n) is 1.45. The van der Waals surface area contributed by atoms with Gasteiger partial charge in [0.1, 0.15) is 18.0 Å². The zero-order valence-corrected chi connectivity index (χ0v) is 10.9. The van der Waals surface area contributed by atoms with E-state index in [4.69, 9.17) is 4.74 Å². The number of halogens is 3. The summed E-state index contributed by atoms with van der Waals surface area (Å²) in [6.45, 7) is 4.37. The minimum absolute atomic E-state index is 0.0820. The van der Waals surface area contributed by atoms with Crippen molar-refractivity contribution in [3.8, 4) is 5.75 Å². The first-order valence-corrected chi connectivity index (χ1v) is 5.98. The molecule has 0 saturated heterocycles. The van der Waals surface area contributed by atoms with Crippen LogP contribution in [0.4, 0.5) is 13.2 Å². The van der Waals surface area contributed by atoms with Crippen LogP contribution in [0.25, 0.3) is 0 Å². The van der Waals surface area contributed by atoms with Crippen LogP contribution in [0.15, 0.2) is 24.3 Å². The molecule has 2 N–H and O–H groups in total. The van der Waals surface area contributed by atoms with Gasteiger partial charge in [-0.05, 0) is 31.7 Å². The van der Waals surface area contributed by atoms with E-state index >= 15 is 0 Å². The quantitative estimate of drug-likeness (QED) is 0.839. The fourth-order valence-corrected chi connectivity index (χ4v) is 1.45. The summed E-state index contributed by atoms with van der Waals surface area (Å²) < 4.78 is 42.7. The van der Waals surface area contributed by atoms with Crippen molar-refractivity contribution >= 4 is 0 Å². The highest BCUT2D eigenvalue weighted by Crippen LogP contribution is 2.31. The summed E-state index contributed by atoms with van der Waals surface area (Å²) in [6.07, 6.45) is -4.40. The second-order valence-electron chi connectivity index (χ2n) is 4.59. The summed E-state index contributed by atoms with van der Waals surface area (Å²) in [4.78, 5) is 0. The molecular formula is C13H18F3NO2. The van der Waals surface area contributed by atoms with Crippen molar-refractivity contribution < 1.29 is 23.0 Å². The summed E-state index contributed by atoms with van der Waals surface area (Å²) in [5.74, 6) is 0.0894. The van der Waals surface area contributed by atoms with Crippen LogP contribution in [0.1, 0.15) is 19.4 Å². The van der Waals surface area contributed by atoms with Crippen LogP contribution in [-0.2, 0) is 6.18 Å². The number of ether oxygens (including phenoxy) is 1. The third-order valence-electron chi connectivity index (χ3n) is 2.47. The van der Waals surface area contributed by atoms with Crippen molar-refractivity contribution in [1.29, 1.82) is 0 Å². The minimum atomic E-state index is -4.40. The Morgan fingerprint density at radius 2 is 2.00 bits per heavy atom. The van der Waals surface area contributed by atoms with E-state index in [-0.39, 0.29) is 12.4 Å². The highest BCUT2D eigenvalue weighted by Gasteiger charge is 2.30. The number of hydrogen-bond donors (Lipinski definition) is 2. The van der Waals surface area contributed by atoms with E-state index in [1.54, 1.807) is 6.92 Å². The summed E-state index contributed by atoms with van der Waals surface area (Å²) >= 11 is 0. The van der Waals surface area contributed by atoms with Crippen molar-refractivity contribution in [2.24, 2.45) is 0 Å². The first-order valence-electron chi connectivity index (χ1n) is 5.98. The average Bonchev–Trinajstić information content (AvgIpc) is 2.34. The van der Waals surface area contributed by atoms with Gasteiger partial charge in [0.25, 0.3) is 0 Å². The molecule has 3 nitrogen and oxygen atoms in total. The molecule has 0 amide bonds. The predicted octanol–water partition coefficient (Wildman–Crippen LogP) is 2.44. The van der Waals surface area contributed by atoms with Crippen molar-refractivity contribution in [2.45, 2.75) is 25.6 Å². The van der Waals surface area contributed by atoms with Gasteiger partial charge in [0.2, 0.25) is 0 Å². The Kier molecular flexibility index (Phi) is 5.20. The van der Waals surface area contributed by atoms with Gasteiger partial charge in [-0.1, -0.05) is 13.0 Å². The Morgan fingerprint density at radius 3 is 2.58 bits per heavy atom. The maximum absolute atomic E-state index is 12.5. The summed E-state index contributed by atoms with van der Waals surface area (Å²) in [7, 11) is 0. The number of nitrogens with one attached hydrogen (secondary N) is 1. The molecule has 0 radical (unpaired) electrons. The third-order valence-corrected chi connectivity index (χ3v) is 2.47. The molecule has 0 bridgehead atoms. The second-order valence-corrected chi connectivity index (χ2v) is 4.59. The normalized spacial score (nSPS) is 15.1. The van der Waals surface area contributed by atoms with E-state index < -0.39 is 17.3 Å². The van der Waals surface area contributed by atoms with E-state index in [0.29, 0.717) is 13.1 Å². The van der Waals surface area contributed by atoms with Gasteiger partial charge in [-0.3, -0.25) is 0 Å². The number of rotatable bonds is 6. The number of aliphatic hydroxyl groups is 1. The van der Waals surface area contributed by atoms with Crippen molar-refractivity contribution in [3.63, 3.8) is 0 Å². The first-order chi connectivity index (χ1) is 8.74. The van der Waals surface area contributed by atoms with Crippen LogP contribution >= 0.6 is 0 Å². The highest BCUT2D eigenvalue weighted by molar-refractivity contribution is 5.30. The Hall–Kier alpha value is -1.27. The molecule has 1 aromatic rings. The molecule has 0 saturated carbocycles. The Labute approximate surface area is 110 Å². The van der Waals surface area contributed by atoms with Crippen molar-refractivity contribution in [1.82, 2.24) is 5.32 Å². The van der Waals surface area contributed by atoms with Gasteiger partial charge in [0.15, 0.2) is 0 Å². The molecule has 0 heterocycles. The van der Waals surface area contributed by atoms with Gasteiger partial charge in [0, 0.05) is 6.54 Å². The molecule has 0 spiro atoms. The largest absolute Gasteiger partial charge is 0.491 e. The molecule has 0 aromatic heterocycles. The van der Waals surface area contributed by atoms with Crippen LogP contribution < -0.4 is 10.1 Å². The second kappa shape index (κ2) is 6.25. The lowest BCUT2D eigenvalue weighted by Crippen LogP contribution is -2.42. The van der Waals surface area contributed by atoms with Gasteiger partial charge in [-0.2, -0.15) is 13.2 Å². The van der Waals surface area contributed by atoms with Gasteiger partial charge in [0.05, 0.1) is 5.56 Å². The number of hydrogen-bond acceptors (Lipinski definition) is 3. The maximum atomic E-state index is 12.5. The number of benzene rings is 1. The molecule has 1 aromatic carbocycles. The van der Waals surface area contributed by atoms with Crippen LogP contribution in [0, 0.1) is 0 Å². The molecular weight excluding hydrogens is 259 g/mol. The fraction of sp³-hybridized carbons (Fsp3) is 0.538. The first kappa shape index (κ1) is 15.8. The van der Waals surface area contributed by atoms with Gasteiger partial charge >= 0.3 is 6.18 Å². The molecule has 0 aliphatic carbocycles. The van der Waals surface area contributed by atoms with Gasteiger partial charge in [-0.25, -0.2) is 0 Å². The van der Waals surface area contributed by atoms with Crippen LogP contribution in [0.5, 0.6) is 5.75 Å². The predicted molar refractivity (Wildman–Crippen MR) is 66.1 cm³/mol.